The average Bonchev–Trinajstić information content (AvgIpc) is 2.74. The minimum atomic E-state index is 0.413. The van der Waals surface area contributed by atoms with Crippen LogP contribution in [0.1, 0.15) is 39.5 Å². The highest BCUT2D eigenvalue weighted by Gasteiger charge is 2.34. The number of nitrogens with zero attached hydrogens (tertiary/aromatic N) is 2. The largest absolute Gasteiger partial charge is 0.330 e. The number of nitrogens with two attached hydrogens (primary N) is 1. The summed E-state index contributed by atoms with van der Waals surface area (Å²) in [4.78, 5) is 4.88. The van der Waals surface area contributed by atoms with Crippen molar-refractivity contribution in [3.05, 3.63) is 0 Å². The normalized spacial score (nSPS) is 21.4. The van der Waals surface area contributed by atoms with Gasteiger partial charge in [0.2, 0.25) is 0 Å². The van der Waals surface area contributed by atoms with Gasteiger partial charge in [0, 0.05) is 19.1 Å². The van der Waals surface area contributed by atoms with Gasteiger partial charge in [-0.15, -0.1) is 0 Å². The van der Waals surface area contributed by atoms with Gasteiger partial charge < -0.3 is 10.6 Å². The summed E-state index contributed by atoms with van der Waals surface area (Å²) in [7, 11) is 4.30. The third-order valence-electron chi connectivity index (χ3n) is 4.29. The van der Waals surface area contributed by atoms with Crippen LogP contribution in [0.25, 0.3) is 0 Å². The van der Waals surface area contributed by atoms with E-state index in [0.717, 1.165) is 19.6 Å². The molecule has 0 aromatic rings. The molecular formula is C14H31N3. The quantitative estimate of drug-likeness (QED) is 0.737. The van der Waals surface area contributed by atoms with E-state index in [1.54, 1.807) is 0 Å². The molecule has 3 heteroatoms. The fraction of sp³-hybridized carbons (Fsp3) is 1.00. The second-order valence-corrected chi connectivity index (χ2v) is 6.09. The molecule has 102 valence electrons. The number of hydrogen-bond acceptors (Lipinski definition) is 3. The summed E-state index contributed by atoms with van der Waals surface area (Å²) in [6, 6.07) is 0.624. The van der Waals surface area contributed by atoms with Crippen LogP contribution >= 0.6 is 0 Å². The number of hydrogen-bond donors (Lipinski definition) is 1. The molecule has 1 unspecified atom stereocenters. The first-order valence-corrected chi connectivity index (χ1v) is 7.12. The molecule has 17 heavy (non-hydrogen) atoms. The van der Waals surface area contributed by atoms with Gasteiger partial charge in [-0.2, -0.15) is 0 Å². The summed E-state index contributed by atoms with van der Waals surface area (Å²) in [6.07, 6.45) is 5.40. The molecule has 2 N–H and O–H groups in total. The molecule has 0 amide bonds. The van der Waals surface area contributed by atoms with Gasteiger partial charge in [0.1, 0.15) is 0 Å². The highest BCUT2D eigenvalue weighted by molar-refractivity contribution is 4.89. The third kappa shape index (κ3) is 4.23. The van der Waals surface area contributed by atoms with Crippen molar-refractivity contribution < 1.29 is 0 Å². The van der Waals surface area contributed by atoms with Crippen molar-refractivity contribution in [2.24, 2.45) is 11.1 Å². The average molecular weight is 241 g/mol. The molecule has 1 fully saturated rings. The molecule has 1 aliphatic rings. The van der Waals surface area contributed by atoms with Gasteiger partial charge in [0.25, 0.3) is 0 Å². The Kier molecular flexibility index (Phi) is 5.90. The number of likely N-dealkylation sites (N-methyl/N-ethyl adjacent to an activating group) is 2. The zero-order chi connectivity index (χ0) is 12.9. The summed E-state index contributed by atoms with van der Waals surface area (Å²) in [5.41, 5.74) is 6.45. The van der Waals surface area contributed by atoms with E-state index in [0.29, 0.717) is 11.5 Å². The van der Waals surface area contributed by atoms with Crippen LogP contribution in [0.3, 0.4) is 0 Å². The molecule has 3 nitrogen and oxygen atoms in total. The zero-order valence-electron chi connectivity index (χ0n) is 12.2. The van der Waals surface area contributed by atoms with Crippen molar-refractivity contribution in [3.8, 4) is 0 Å². The Balaban J connectivity index is 2.55. The predicted molar refractivity (Wildman–Crippen MR) is 75.2 cm³/mol. The molecule has 0 radical (unpaired) electrons. The van der Waals surface area contributed by atoms with Crippen LogP contribution < -0.4 is 5.73 Å². The Morgan fingerprint density at radius 2 is 1.82 bits per heavy atom. The van der Waals surface area contributed by atoms with Crippen molar-refractivity contribution in [2.45, 2.75) is 45.6 Å². The Bertz CT molecular complexity index is 210. The first-order chi connectivity index (χ1) is 8.03. The standard InChI is InChI=1S/C14H31N3/c1-5-17(13(2)10-16(3)4)12-14(11-15)8-6-7-9-14/h13H,5-12,15H2,1-4H3. The Hall–Kier alpha value is -0.120. The van der Waals surface area contributed by atoms with Crippen LogP contribution in [-0.2, 0) is 0 Å². The van der Waals surface area contributed by atoms with Gasteiger partial charge in [0.15, 0.2) is 0 Å². The van der Waals surface area contributed by atoms with E-state index < -0.39 is 0 Å². The second-order valence-electron chi connectivity index (χ2n) is 6.09. The molecule has 1 atom stereocenters. The van der Waals surface area contributed by atoms with Crippen LogP contribution in [0.4, 0.5) is 0 Å². The molecular weight excluding hydrogens is 210 g/mol. The SMILES string of the molecule is CCN(CC1(CN)CCCC1)C(C)CN(C)C. The van der Waals surface area contributed by atoms with Gasteiger partial charge in [-0.3, -0.25) is 4.90 Å². The lowest BCUT2D eigenvalue weighted by atomic mass is 9.85. The van der Waals surface area contributed by atoms with Gasteiger partial charge in [-0.05, 0) is 52.4 Å². The van der Waals surface area contributed by atoms with Crippen LogP contribution in [0.15, 0.2) is 0 Å². The molecule has 0 heterocycles. The highest BCUT2D eigenvalue weighted by Crippen LogP contribution is 2.38. The molecule has 1 saturated carbocycles. The zero-order valence-corrected chi connectivity index (χ0v) is 12.2. The van der Waals surface area contributed by atoms with E-state index in [1.807, 2.05) is 0 Å². The van der Waals surface area contributed by atoms with E-state index in [1.165, 1.54) is 32.2 Å². The van der Waals surface area contributed by atoms with E-state index in [4.69, 9.17) is 5.73 Å². The molecule has 0 spiro atoms. The maximum atomic E-state index is 6.04. The van der Waals surface area contributed by atoms with E-state index in [-0.39, 0.29) is 0 Å². The monoisotopic (exact) mass is 241 g/mol. The van der Waals surface area contributed by atoms with Crippen LogP contribution in [0, 0.1) is 5.41 Å². The predicted octanol–water partition coefficient (Wildman–Crippen LogP) is 1.78. The molecule has 0 bridgehead atoms. The van der Waals surface area contributed by atoms with Gasteiger partial charge >= 0.3 is 0 Å². The lowest BCUT2D eigenvalue weighted by Crippen LogP contribution is -2.47. The molecule has 0 aliphatic heterocycles. The number of rotatable bonds is 7. The lowest BCUT2D eigenvalue weighted by molar-refractivity contribution is 0.112. The van der Waals surface area contributed by atoms with E-state index in [2.05, 4.69) is 37.7 Å². The van der Waals surface area contributed by atoms with E-state index in [9.17, 15) is 0 Å². The summed E-state index contributed by atoms with van der Waals surface area (Å²) in [5, 5.41) is 0. The lowest BCUT2D eigenvalue weighted by Gasteiger charge is -2.38. The first-order valence-electron chi connectivity index (χ1n) is 7.12. The molecule has 1 aliphatic carbocycles. The van der Waals surface area contributed by atoms with Crippen LogP contribution in [0.2, 0.25) is 0 Å². The molecule has 0 saturated heterocycles. The van der Waals surface area contributed by atoms with Gasteiger partial charge in [-0.25, -0.2) is 0 Å². The smallest absolute Gasteiger partial charge is 0.0194 e. The second kappa shape index (κ2) is 6.72. The first kappa shape index (κ1) is 14.9. The Morgan fingerprint density at radius 3 is 2.24 bits per heavy atom. The fourth-order valence-corrected chi connectivity index (χ4v) is 3.21. The maximum absolute atomic E-state index is 6.04. The summed E-state index contributed by atoms with van der Waals surface area (Å²) >= 11 is 0. The fourth-order valence-electron chi connectivity index (χ4n) is 3.21. The maximum Gasteiger partial charge on any atom is 0.0194 e. The Morgan fingerprint density at radius 1 is 1.24 bits per heavy atom. The Labute approximate surface area is 107 Å². The van der Waals surface area contributed by atoms with Crippen molar-refractivity contribution in [2.75, 3.05) is 40.3 Å². The van der Waals surface area contributed by atoms with Crippen LogP contribution in [0.5, 0.6) is 0 Å². The molecule has 1 rings (SSSR count). The molecule has 0 aromatic carbocycles. The van der Waals surface area contributed by atoms with Crippen molar-refractivity contribution in [1.82, 2.24) is 9.80 Å². The third-order valence-corrected chi connectivity index (χ3v) is 4.29. The van der Waals surface area contributed by atoms with Gasteiger partial charge in [0.05, 0.1) is 0 Å². The van der Waals surface area contributed by atoms with E-state index >= 15 is 0 Å². The summed E-state index contributed by atoms with van der Waals surface area (Å²) < 4.78 is 0. The van der Waals surface area contributed by atoms with Crippen molar-refractivity contribution in [1.29, 1.82) is 0 Å². The minimum absolute atomic E-state index is 0.413. The minimum Gasteiger partial charge on any atom is -0.330 e. The van der Waals surface area contributed by atoms with Crippen LogP contribution in [-0.4, -0.2) is 56.1 Å². The van der Waals surface area contributed by atoms with Crippen molar-refractivity contribution >= 4 is 0 Å². The summed E-state index contributed by atoms with van der Waals surface area (Å²) in [6.45, 7) is 8.92. The van der Waals surface area contributed by atoms with Crippen molar-refractivity contribution in [3.63, 3.8) is 0 Å². The van der Waals surface area contributed by atoms with Gasteiger partial charge in [-0.1, -0.05) is 19.8 Å². The highest BCUT2D eigenvalue weighted by atomic mass is 15.2. The molecule has 0 aromatic heterocycles. The topological polar surface area (TPSA) is 32.5 Å². The summed E-state index contributed by atoms with van der Waals surface area (Å²) in [5.74, 6) is 0.